The Morgan fingerprint density at radius 3 is 2.62 bits per heavy atom. The van der Waals surface area contributed by atoms with Gasteiger partial charge in [-0.3, -0.25) is 4.79 Å². The zero-order chi connectivity index (χ0) is 22.7. The van der Waals surface area contributed by atoms with Gasteiger partial charge >= 0.3 is 0 Å². The number of nitrogens with one attached hydrogen (secondary N) is 2. The van der Waals surface area contributed by atoms with Crippen LogP contribution in [-0.2, 0) is 0 Å². The van der Waals surface area contributed by atoms with Gasteiger partial charge in [-0.2, -0.15) is 4.98 Å². The Bertz CT molecular complexity index is 1110. The highest BCUT2D eigenvalue weighted by atomic mass is 79.9. The van der Waals surface area contributed by atoms with Crippen molar-refractivity contribution in [2.75, 3.05) is 30.9 Å². The number of hydrogen-bond donors (Lipinski definition) is 2. The highest BCUT2D eigenvalue weighted by molar-refractivity contribution is 9.10. The molecule has 0 bridgehead atoms. The normalized spacial score (nSPS) is 18.4. The Balaban J connectivity index is 1.32. The van der Waals surface area contributed by atoms with Crippen molar-refractivity contribution in [3.8, 4) is 0 Å². The number of fused-ring (bicyclic) bond motifs is 1. The highest BCUT2D eigenvalue weighted by Crippen LogP contribution is 2.28. The van der Waals surface area contributed by atoms with Gasteiger partial charge in [-0.05, 0) is 61.9 Å². The summed E-state index contributed by atoms with van der Waals surface area (Å²) in [5, 5.41) is 8.09. The molecule has 4 rings (SSSR count). The van der Waals surface area contributed by atoms with E-state index >= 15 is 0 Å². The molecule has 1 saturated carbocycles. The summed E-state index contributed by atoms with van der Waals surface area (Å²) in [6.45, 7) is 0.658. The molecule has 2 aromatic carbocycles. The molecular formula is C24H27BrClN5O. The van der Waals surface area contributed by atoms with E-state index in [1.54, 1.807) is 12.1 Å². The largest absolute Gasteiger partial charge is 0.362 e. The summed E-state index contributed by atoms with van der Waals surface area (Å²) in [5.41, 5.74) is 1.44. The summed E-state index contributed by atoms with van der Waals surface area (Å²) >= 11 is 9.56. The minimum Gasteiger partial charge on any atom is -0.362 e. The maximum absolute atomic E-state index is 12.5. The number of hydrogen-bond acceptors (Lipinski definition) is 5. The first-order valence-corrected chi connectivity index (χ1v) is 12.0. The van der Waals surface area contributed by atoms with Crippen LogP contribution in [0.5, 0.6) is 0 Å². The number of para-hydroxylation sites is 1. The first kappa shape index (κ1) is 22.8. The van der Waals surface area contributed by atoms with Gasteiger partial charge in [0.2, 0.25) is 5.95 Å². The number of halogens is 2. The summed E-state index contributed by atoms with van der Waals surface area (Å²) in [6.07, 6.45) is 4.12. The van der Waals surface area contributed by atoms with E-state index in [1.165, 1.54) is 0 Å². The number of carbonyl (C=O) groups excluding carboxylic acids is 1. The van der Waals surface area contributed by atoms with Crippen molar-refractivity contribution in [3.05, 3.63) is 57.5 Å². The Kier molecular flexibility index (Phi) is 7.16. The van der Waals surface area contributed by atoms with E-state index in [2.05, 4.69) is 32.6 Å². The molecule has 0 aliphatic heterocycles. The van der Waals surface area contributed by atoms with Crippen LogP contribution in [0.3, 0.4) is 0 Å². The van der Waals surface area contributed by atoms with Crippen LogP contribution in [-0.4, -0.2) is 42.6 Å². The lowest BCUT2D eigenvalue weighted by Crippen LogP contribution is -2.34. The van der Waals surface area contributed by atoms with Crippen LogP contribution >= 0.6 is 27.5 Å². The monoisotopic (exact) mass is 515 g/mol. The van der Waals surface area contributed by atoms with E-state index in [0.29, 0.717) is 35.0 Å². The van der Waals surface area contributed by atoms with Crippen LogP contribution < -0.4 is 15.5 Å². The summed E-state index contributed by atoms with van der Waals surface area (Å²) in [4.78, 5) is 24.0. The van der Waals surface area contributed by atoms with Gasteiger partial charge in [0.1, 0.15) is 5.82 Å². The summed E-state index contributed by atoms with van der Waals surface area (Å²) < 4.78 is 0.840. The molecule has 0 unspecified atom stereocenters. The number of benzene rings is 2. The van der Waals surface area contributed by atoms with Crippen molar-refractivity contribution < 1.29 is 4.79 Å². The third kappa shape index (κ3) is 5.33. The van der Waals surface area contributed by atoms with E-state index in [4.69, 9.17) is 21.6 Å². The second-order valence-electron chi connectivity index (χ2n) is 8.48. The van der Waals surface area contributed by atoms with Crippen molar-refractivity contribution in [1.82, 2.24) is 15.3 Å². The lowest BCUT2D eigenvalue weighted by Gasteiger charge is -2.29. The molecule has 1 aromatic heterocycles. The molecule has 1 heterocycles. The maximum Gasteiger partial charge on any atom is 0.252 e. The Hall–Kier alpha value is -2.38. The standard InChI is InChI=1S/C24H27BrClN5O/c1-31(2)22-18-5-3-4-6-21(18)29-24(30-22)28-17-10-7-15(8-11-17)14-27-23(32)19-13-16(25)9-12-20(19)26/h3-6,9,12-13,15,17H,7-8,10-11,14H2,1-2H3,(H,27,32)(H,28,29,30). The van der Waals surface area contributed by atoms with E-state index in [-0.39, 0.29) is 5.91 Å². The average molecular weight is 517 g/mol. The molecule has 6 nitrogen and oxygen atoms in total. The third-order valence-electron chi connectivity index (χ3n) is 5.91. The van der Waals surface area contributed by atoms with Crippen LogP contribution in [0.2, 0.25) is 5.02 Å². The number of rotatable bonds is 6. The van der Waals surface area contributed by atoms with Crippen LogP contribution in [0.15, 0.2) is 46.9 Å². The van der Waals surface area contributed by atoms with Gasteiger partial charge in [-0.25, -0.2) is 4.98 Å². The Labute approximate surface area is 201 Å². The summed E-state index contributed by atoms with van der Waals surface area (Å²) in [5.74, 6) is 1.92. The first-order valence-electron chi connectivity index (χ1n) is 10.8. The van der Waals surface area contributed by atoms with Gasteiger partial charge in [-0.1, -0.05) is 39.7 Å². The number of aromatic nitrogens is 2. The van der Waals surface area contributed by atoms with Gasteiger partial charge in [0, 0.05) is 36.5 Å². The molecule has 1 aliphatic rings. The lowest BCUT2D eigenvalue weighted by molar-refractivity contribution is 0.0943. The van der Waals surface area contributed by atoms with Crippen molar-refractivity contribution in [2.24, 2.45) is 5.92 Å². The SMILES string of the molecule is CN(C)c1nc(NC2CCC(CNC(=O)c3cc(Br)ccc3Cl)CC2)nc2ccccc12. The van der Waals surface area contributed by atoms with E-state index in [0.717, 1.165) is 46.9 Å². The van der Waals surface area contributed by atoms with Gasteiger partial charge in [0.25, 0.3) is 5.91 Å². The van der Waals surface area contributed by atoms with Crippen LogP contribution in [0.4, 0.5) is 11.8 Å². The van der Waals surface area contributed by atoms with Crippen LogP contribution in [0.1, 0.15) is 36.0 Å². The number of nitrogens with zero attached hydrogens (tertiary/aromatic N) is 3. The molecule has 0 atom stereocenters. The maximum atomic E-state index is 12.5. The molecule has 32 heavy (non-hydrogen) atoms. The predicted molar refractivity (Wildman–Crippen MR) is 135 cm³/mol. The average Bonchev–Trinajstić information content (AvgIpc) is 2.79. The number of amides is 1. The van der Waals surface area contributed by atoms with E-state index in [1.807, 2.05) is 43.3 Å². The highest BCUT2D eigenvalue weighted by Gasteiger charge is 2.23. The molecule has 168 valence electrons. The second-order valence-corrected chi connectivity index (χ2v) is 9.80. The van der Waals surface area contributed by atoms with Gasteiger partial charge < -0.3 is 15.5 Å². The van der Waals surface area contributed by atoms with Crippen molar-refractivity contribution in [1.29, 1.82) is 0 Å². The van der Waals surface area contributed by atoms with E-state index in [9.17, 15) is 4.79 Å². The fourth-order valence-corrected chi connectivity index (χ4v) is 4.73. The Morgan fingerprint density at radius 2 is 1.88 bits per heavy atom. The molecule has 0 saturated heterocycles. The quantitative estimate of drug-likeness (QED) is 0.452. The molecular weight excluding hydrogens is 490 g/mol. The first-order chi connectivity index (χ1) is 15.4. The van der Waals surface area contributed by atoms with E-state index < -0.39 is 0 Å². The minimum atomic E-state index is -0.127. The van der Waals surface area contributed by atoms with Crippen molar-refractivity contribution in [3.63, 3.8) is 0 Å². The molecule has 0 radical (unpaired) electrons. The van der Waals surface area contributed by atoms with Crippen LogP contribution in [0.25, 0.3) is 10.9 Å². The smallest absolute Gasteiger partial charge is 0.252 e. The molecule has 0 spiro atoms. The predicted octanol–water partition coefficient (Wildman–Crippen LogP) is 5.51. The van der Waals surface area contributed by atoms with Crippen molar-refractivity contribution >= 4 is 56.1 Å². The minimum absolute atomic E-state index is 0.127. The molecule has 1 amide bonds. The zero-order valence-corrected chi connectivity index (χ0v) is 20.6. The molecule has 1 fully saturated rings. The number of anilines is 2. The fraction of sp³-hybridized carbons (Fsp3) is 0.375. The molecule has 3 aromatic rings. The number of carbonyl (C=O) groups is 1. The Morgan fingerprint density at radius 1 is 1.12 bits per heavy atom. The molecule has 1 aliphatic carbocycles. The van der Waals surface area contributed by atoms with Gasteiger partial charge in [-0.15, -0.1) is 0 Å². The zero-order valence-electron chi connectivity index (χ0n) is 18.2. The fourth-order valence-electron chi connectivity index (χ4n) is 4.16. The molecule has 2 N–H and O–H groups in total. The topological polar surface area (TPSA) is 70.2 Å². The van der Waals surface area contributed by atoms with Crippen molar-refractivity contribution in [2.45, 2.75) is 31.7 Å². The summed E-state index contributed by atoms with van der Waals surface area (Å²) in [7, 11) is 4.00. The van der Waals surface area contributed by atoms with Gasteiger partial charge in [0.15, 0.2) is 0 Å². The summed E-state index contributed by atoms with van der Waals surface area (Å²) in [6, 6.07) is 13.7. The lowest BCUT2D eigenvalue weighted by atomic mass is 9.86. The third-order valence-corrected chi connectivity index (χ3v) is 6.73. The van der Waals surface area contributed by atoms with Gasteiger partial charge in [0.05, 0.1) is 16.1 Å². The van der Waals surface area contributed by atoms with Crippen LogP contribution in [0, 0.1) is 5.92 Å². The molecule has 8 heteroatoms. The second kappa shape index (κ2) is 10.0.